The van der Waals surface area contributed by atoms with Gasteiger partial charge >= 0.3 is 0 Å². The summed E-state index contributed by atoms with van der Waals surface area (Å²) in [7, 11) is 1.96. The van der Waals surface area contributed by atoms with E-state index in [2.05, 4.69) is 20.9 Å². The van der Waals surface area contributed by atoms with Crippen molar-refractivity contribution in [2.45, 2.75) is 13.3 Å². The van der Waals surface area contributed by atoms with Gasteiger partial charge in [0.15, 0.2) is 0 Å². The topological polar surface area (TPSA) is 17.8 Å². The Morgan fingerprint density at radius 3 is 2.44 bits per heavy atom. The summed E-state index contributed by atoms with van der Waals surface area (Å²) in [5, 5.41) is 0. The van der Waals surface area contributed by atoms with Crippen LogP contribution in [0.15, 0.2) is 28.9 Å². The molecule has 0 saturated heterocycles. The molecule has 0 aliphatic heterocycles. The molecule has 0 amide bonds. The lowest BCUT2D eigenvalue weighted by atomic mass is 10.1. The van der Waals surface area contributed by atoms with Crippen LogP contribution in [0.3, 0.4) is 0 Å². The third-order valence-corrected chi connectivity index (χ3v) is 3.59. The quantitative estimate of drug-likeness (QED) is 0.827. The van der Waals surface area contributed by atoms with Gasteiger partial charge in [0.2, 0.25) is 0 Å². The van der Waals surface area contributed by atoms with Gasteiger partial charge < -0.3 is 4.57 Å². The van der Waals surface area contributed by atoms with Crippen LogP contribution >= 0.6 is 15.9 Å². The summed E-state index contributed by atoms with van der Waals surface area (Å²) in [6.45, 7) is 1.96. The first-order valence-corrected chi connectivity index (χ1v) is 5.79. The standard InChI is InChI=1S/C12H12BrFN2/c1-8-15-11(12(13)16(8)2)7-9-3-5-10(14)6-4-9/h3-6H,7H2,1-2H3. The van der Waals surface area contributed by atoms with Crippen molar-refractivity contribution in [3.05, 3.63) is 51.8 Å². The van der Waals surface area contributed by atoms with E-state index >= 15 is 0 Å². The number of nitrogens with zero attached hydrogens (tertiary/aromatic N) is 2. The number of aryl methyl sites for hydroxylation is 1. The average molecular weight is 283 g/mol. The zero-order valence-electron chi connectivity index (χ0n) is 9.17. The SMILES string of the molecule is Cc1nc(Cc2ccc(F)cc2)c(Br)n1C. The van der Waals surface area contributed by atoms with Gasteiger partial charge in [-0.25, -0.2) is 9.37 Å². The molecule has 0 bridgehead atoms. The number of halogens is 2. The lowest BCUT2D eigenvalue weighted by molar-refractivity contribution is 0.627. The molecule has 2 aromatic rings. The van der Waals surface area contributed by atoms with E-state index in [-0.39, 0.29) is 5.82 Å². The molecule has 0 saturated carbocycles. The highest BCUT2D eigenvalue weighted by atomic mass is 79.9. The molecule has 1 heterocycles. The maximum absolute atomic E-state index is 12.7. The molecule has 0 unspecified atom stereocenters. The zero-order chi connectivity index (χ0) is 11.7. The maximum atomic E-state index is 12.7. The van der Waals surface area contributed by atoms with E-state index in [9.17, 15) is 4.39 Å². The second-order valence-corrected chi connectivity index (χ2v) is 4.51. The van der Waals surface area contributed by atoms with E-state index in [1.54, 1.807) is 12.1 Å². The van der Waals surface area contributed by atoms with Gasteiger partial charge in [-0.05, 0) is 40.5 Å². The highest BCUT2D eigenvalue weighted by Gasteiger charge is 2.09. The molecule has 0 spiro atoms. The molecular weight excluding hydrogens is 271 g/mol. The Morgan fingerprint density at radius 1 is 1.31 bits per heavy atom. The van der Waals surface area contributed by atoms with Gasteiger partial charge in [0.25, 0.3) is 0 Å². The molecule has 84 valence electrons. The van der Waals surface area contributed by atoms with Crippen molar-refractivity contribution < 1.29 is 4.39 Å². The van der Waals surface area contributed by atoms with Crippen LogP contribution in [0.2, 0.25) is 0 Å². The Balaban J connectivity index is 2.27. The lowest BCUT2D eigenvalue weighted by Crippen LogP contribution is -1.91. The predicted octanol–water partition coefficient (Wildman–Crippen LogP) is 3.22. The molecule has 0 N–H and O–H groups in total. The number of aromatic nitrogens is 2. The first-order valence-electron chi connectivity index (χ1n) is 5.00. The van der Waals surface area contributed by atoms with Crippen molar-refractivity contribution in [3.8, 4) is 0 Å². The Hall–Kier alpha value is -1.16. The Labute approximate surface area is 102 Å². The molecule has 4 heteroatoms. The summed E-state index contributed by atoms with van der Waals surface area (Å²) < 4.78 is 15.7. The predicted molar refractivity (Wildman–Crippen MR) is 64.9 cm³/mol. The smallest absolute Gasteiger partial charge is 0.123 e. The monoisotopic (exact) mass is 282 g/mol. The van der Waals surface area contributed by atoms with Crippen molar-refractivity contribution in [2.75, 3.05) is 0 Å². The van der Waals surface area contributed by atoms with E-state index in [1.165, 1.54) is 12.1 Å². The fourth-order valence-electron chi connectivity index (χ4n) is 1.56. The van der Waals surface area contributed by atoms with Crippen LogP contribution in [0.4, 0.5) is 4.39 Å². The van der Waals surface area contributed by atoms with Gasteiger partial charge in [0.1, 0.15) is 16.2 Å². The van der Waals surface area contributed by atoms with Gasteiger partial charge in [-0.2, -0.15) is 0 Å². The van der Waals surface area contributed by atoms with Gasteiger partial charge in [0.05, 0.1) is 5.69 Å². The minimum Gasteiger partial charge on any atom is -0.326 e. The molecule has 16 heavy (non-hydrogen) atoms. The zero-order valence-corrected chi connectivity index (χ0v) is 10.8. The van der Waals surface area contributed by atoms with Crippen molar-refractivity contribution >= 4 is 15.9 Å². The third kappa shape index (κ3) is 2.16. The molecule has 1 aromatic carbocycles. The molecule has 2 rings (SSSR count). The minimum absolute atomic E-state index is 0.208. The first kappa shape index (κ1) is 11.3. The maximum Gasteiger partial charge on any atom is 0.123 e. The second-order valence-electron chi connectivity index (χ2n) is 3.76. The number of benzene rings is 1. The summed E-state index contributed by atoms with van der Waals surface area (Å²) >= 11 is 3.50. The molecule has 0 atom stereocenters. The van der Waals surface area contributed by atoms with Crippen LogP contribution < -0.4 is 0 Å². The van der Waals surface area contributed by atoms with Crippen LogP contribution in [0.5, 0.6) is 0 Å². The van der Waals surface area contributed by atoms with Crippen LogP contribution in [0.1, 0.15) is 17.1 Å². The molecular formula is C12H12BrFN2. The Bertz CT molecular complexity index is 502. The van der Waals surface area contributed by atoms with Crippen LogP contribution in [-0.2, 0) is 13.5 Å². The first-order chi connectivity index (χ1) is 7.58. The van der Waals surface area contributed by atoms with Gasteiger partial charge in [-0.15, -0.1) is 0 Å². The van der Waals surface area contributed by atoms with E-state index in [0.29, 0.717) is 6.42 Å². The normalized spacial score (nSPS) is 10.8. The molecule has 0 fully saturated rings. The lowest BCUT2D eigenvalue weighted by Gasteiger charge is -1.99. The number of imidazole rings is 1. The van der Waals surface area contributed by atoms with E-state index in [4.69, 9.17) is 0 Å². The Morgan fingerprint density at radius 2 is 1.94 bits per heavy atom. The van der Waals surface area contributed by atoms with E-state index in [1.807, 2.05) is 18.5 Å². The van der Waals surface area contributed by atoms with E-state index in [0.717, 1.165) is 21.7 Å². The second kappa shape index (κ2) is 4.37. The molecule has 0 aliphatic rings. The van der Waals surface area contributed by atoms with Gasteiger partial charge in [-0.1, -0.05) is 12.1 Å². The summed E-state index contributed by atoms with van der Waals surface area (Å²) in [6, 6.07) is 6.51. The van der Waals surface area contributed by atoms with Crippen molar-refractivity contribution in [2.24, 2.45) is 7.05 Å². The van der Waals surface area contributed by atoms with Crippen LogP contribution in [0.25, 0.3) is 0 Å². The molecule has 0 aliphatic carbocycles. The summed E-state index contributed by atoms with van der Waals surface area (Å²) in [5.74, 6) is 0.754. The number of rotatable bonds is 2. The molecule has 0 radical (unpaired) electrons. The fraction of sp³-hybridized carbons (Fsp3) is 0.250. The Kier molecular flexibility index (Phi) is 3.10. The van der Waals surface area contributed by atoms with Crippen molar-refractivity contribution in [3.63, 3.8) is 0 Å². The number of hydrogen-bond donors (Lipinski definition) is 0. The van der Waals surface area contributed by atoms with Gasteiger partial charge in [0, 0.05) is 13.5 Å². The fourth-order valence-corrected chi connectivity index (χ4v) is 2.05. The summed E-state index contributed by atoms with van der Waals surface area (Å²) in [5.41, 5.74) is 2.03. The highest BCUT2D eigenvalue weighted by molar-refractivity contribution is 9.10. The minimum atomic E-state index is -0.208. The highest BCUT2D eigenvalue weighted by Crippen LogP contribution is 2.20. The van der Waals surface area contributed by atoms with Crippen LogP contribution in [0, 0.1) is 12.7 Å². The average Bonchev–Trinajstić information content (AvgIpc) is 2.50. The van der Waals surface area contributed by atoms with Crippen molar-refractivity contribution in [1.82, 2.24) is 9.55 Å². The van der Waals surface area contributed by atoms with Gasteiger partial charge in [-0.3, -0.25) is 0 Å². The molecule has 2 nitrogen and oxygen atoms in total. The molecule has 1 aromatic heterocycles. The van der Waals surface area contributed by atoms with Crippen LogP contribution in [-0.4, -0.2) is 9.55 Å². The largest absolute Gasteiger partial charge is 0.326 e. The van der Waals surface area contributed by atoms with Crippen molar-refractivity contribution in [1.29, 1.82) is 0 Å². The number of hydrogen-bond acceptors (Lipinski definition) is 1. The third-order valence-electron chi connectivity index (χ3n) is 2.60. The summed E-state index contributed by atoms with van der Waals surface area (Å²) in [4.78, 5) is 4.45. The van der Waals surface area contributed by atoms with E-state index < -0.39 is 0 Å². The summed E-state index contributed by atoms with van der Waals surface area (Å²) in [6.07, 6.45) is 0.711.